The average molecular weight is 226 g/mol. The zero-order valence-corrected chi connectivity index (χ0v) is 10.4. The van der Waals surface area contributed by atoms with E-state index in [1.54, 1.807) is 0 Å². The molecule has 0 aromatic carbocycles. The number of rotatable bonds is 1. The zero-order chi connectivity index (χ0) is 10.9. The molecule has 0 spiro atoms. The van der Waals surface area contributed by atoms with Crippen LogP contribution in [0.5, 0.6) is 0 Å². The molecule has 1 aliphatic heterocycles. The third-order valence-corrected chi connectivity index (χ3v) is 3.25. The molecule has 1 aromatic rings. The van der Waals surface area contributed by atoms with E-state index in [2.05, 4.69) is 40.3 Å². The van der Waals surface area contributed by atoms with Gasteiger partial charge in [-0.15, -0.1) is 0 Å². The molecule has 2 heterocycles. The van der Waals surface area contributed by atoms with E-state index in [9.17, 15) is 0 Å². The van der Waals surface area contributed by atoms with Crippen LogP contribution in [0.15, 0.2) is 0 Å². The molecule has 1 aliphatic rings. The Balaban J connectivity index is 2.12. The van der Waals surface area contributed by atoms with Crippen LogP contribution < -0.4 is 10.2 Å². The molecule has 0 atom stereocenters. The van der Waals surface area contributed by atoms with E-state index in [0.29, 0.717) is 0 Å². The van der Waals surface area contributed by atoms with Crippen LogP contribution in [0, 0.1) is 0 Å². The molecule has 0 saturated carbocycles. The third kappa shape index (κ3) is 2.46. The first-order valence-electron chi connectivity index (χ1n) is 5.37. The van der Waals surface area contributed by atoms with E-state index in [-0.39, 0.29) is 5.41 Å². The second-order valence-electron chi connectivity index (χ2n) is 4.89. The Bertz CT molecular complexity index is 322. The maximum absolute atomic E-state index is 4.61. The first-order valence-corrected chi connectivity index (χ1v) is 6.14. The lowest BCUT2D eigenvalue weighted by atomic mass is 9.96. The molecule has 1 saturated heterocycles. The minimum absolute atomic E-state index is 0.0583. The van der Waals surface area contributed by atoms with Crippen molar-refractivity contribution in [1.29, 1.82) is 0 Å². The SMILES string of the molecule is CC(C)(C)c1nsc(N2CCNCC2)n1. The quantitative estimate of drug-likeness (QED) is 0.782. The fourth-order valence-corrected chi connectivity index (χ4v) is 2.41. The van der Waals surface area contributed by atoms with Crippen molar-refractivity contribution < 1.29 is 0 Å². The van der Waals surface area contributed by atoms with Crippen molar-refractivity contribution in [3.8, 4) is 0 Å². The molecule has 84 valence electrons. The number of hydrogen-bond donors (Lipinski definition) is 1. The monoisotopic (exact) mass is 226 g/mol. The minimum atomic E-state index is 0.0583. The molecular weight excluding hydrogens is 208 g/mol. The number of aromatic nitrogens is 2. The summed E-state index contributed by atoms with van der Waals surface area (Å²) in [5, 5.41) is 4.41. The van der Waals surface area contributed by atoms with Crippen LogP contribution in [0.25, 0.3) is 0 Å². The molecular formula is C10H18N4S. The van der Waals surface area contributed by atoms with Crippen molar-refractivity contribution in [2.24, 2.45) is 0 Å². The van der Waals surface area contributed by atoms with Gasteiger partial charge in [-0.25, -0.2) is 4.98 Å². The van der Waals surface area contributed by atoms with Gasteiger partial charge >= 0.3 is 0 Å². The molecule has 1 fully saturated rings. The van der Waals surface area contributed by atoms with E-state index < -0.39 is 0 Å². The Morgan fingerprint density at radius 2 is 1.93 bits per heavy atom. The Labute approximate surface area is 94.9 Å². The predicted molar refractivity (Wildman–Crippen MR) is 63.7 cm³/mol. The lowest BCUT2D eigenvalue weighted by Gasteiger charge is -2.26. The second kappa shape index (κ2) is 4.06. The summed E-state index contributed by atoms with van der Waals surface area (Å²) in [5.41, 5.74) is 0.0583. The molecule has 0 unspecified atom stereocenters. The number of piperazine rings is 1. The van der Waals surface area contributed by atoms with Crippen molar-refractivity contribution in [1.82, 2.24) is 14.7 Å². The van der Waals surface area contributed by atoms with Crippen molar-refractivity contribution >= 4 is 16.7 Å². The van der Waals surface area contributed by atoms with E-state index in [0.717, 1.165) is 37.1 Å². The molecule has 0 amide bonds. The zero-order valence-electron chi connectivity index (χ0n) is 9.58. The van der Waals surface area contributed by atoms with Gasteiger partial charge in [-0.1, -0.05) is 20.8 Å². The fraction of sp³-hybridized carbons (Fsp3) is 0.800. The molecule has 15 heavy (non-hydrogen) atoms. The van der Waals surface area contributed by atoms with Crippen LogP contribution in [0.1, 0.15) is 26.6 Å². The molecule has 0 bridgehead atoms. The van der Waals surface area contributed by atoms with Gasteiger partial charge in [-0.05, 0) is 0 Å². The molecule has 1 aromatic heterocycles. The fourth-order valence-electron chi connectivity index (χ4n) is 1.50. The summed E-state index contributed by atoms with van der Waals surface area (Å²) >= 11 is 1.52. The van der Waals surface area contributed by atoms with E-state index in [1.807, 2.05) is 0 Å². The van der Waals surface area contributed by atoms with Crippen LogP contribution >= 0.6 is 11.5 Å². The number of hydrogen-bond acceptors (Lipinski definition) is 5. The van der Waals surface area contributed by atoms with Crippen molar-refractivity contribution in [2.45, 2.75) is 26.2 Å². The molecule has 2 rings (SSSR count). The molecule has 4 nitrogen and oxygen atoms in total. The van der Waals surface area contributed by atoms with Crippen LogP contribution in [-0.4, -0.2) is 35.5 Å². The molecule has 0 radical (unpaired) electrons. The van der Waals surface area contributed by atoms with Gasteiger partial charge in [0.1, 0.15) is 5.82 Å². The Kier molecular flexibility index (Phi) is 2.93. The second-order valence-corrected chi connectivity index (χ2v) is 5.62. The lowest BCUT2D eigenvalue weighted by molar-refractivity contribution is 0.550. The highest BCUT2D eigenvalue weighted by Gasteiger charge is 2.22. The number of anilines is 1. The normalized spacial score (nSPS) is 18.2. The lowest BCUT2D eigenvalue weighted by Crippen LogP contribution is -2.43. The first kappa shape index (κ1) is 10.8. The molecule has 0 aliphatic carbocycles. The Morgan fingerprint density at radius 3 is 2.47 bits per heavy atom. The van der Waals surface area contributed by atoms with Gasteiger partial charge in [-0.3, -0.25) is 0 Å². The van der Waals surface area contributed by atoms with Gasteiger partial charge in [0.2, 0.25) is 5.13 Å². The summed E-state index contributed by atoms with van der Waals surface area (Å²) in [4.78, 5) is 6.92. The van der Waals surface area contributed by atoms with Gasteiger partial charge < -0.3 is 10.2 Å². The first-order chi connectivity index (χ1) is 7.07. The van der Waals surface area contributed by atoms with Crippen molar-refractivity contribution in [3.05, 3.63) is 5.82 Å². The van der Waals surface area contributed by atoms with Crippen LogP contribution in [-0.2, 0) is 5.41 Å². The standard InChI is InChI=1S/C10H18N4S/c1-10(2,3)8-12-9(15-13-8)14-6-4-11-5-7-14/h11H,4-7H2,1-3H3. The van der Waals surface area contributed by atoms with Gasteiger partial charge in [-0.2, -0.15) is 4.37 Å². The van der Waals surface area contributed by atoms with E-state index in [4.69, 9.17) is 0 Å². The van der Waals surface area contributed by atoms with Gasteiger partial charge in [0.15, 0.2) is 0 Å². The van der Waals surface area contributed by atoms with Crippen LogP contribution in [0.3, 0.4) is 0 Å². The van der Waals surface area contributed by atoms with Gasteiger partial charge in [0.05, 0.1) is 0 Å². The van der Waals surface area contributed by atoms with Crippen LogP contribution in [0.2, 0.25) is 0 Å². The minimum Gasteiger partial charge on any atom is -0.344 e. The largest absolute Gasteiger partial charge is 0.344 e. The highest BCUT2D eigenvalue weighted by atomic mass is 32.1. The molecule has 5 heteroatoms. The topological polar surface area (TPSA) is 41.1 Å². The van der Waals surface area contributed by atoms with Crippen molar-refractivity contribution in [3.63, 3.8) is 0 Å². The highest BCUT2D eigenvalue weighted by Crippen LogP contribution is 2.25. The maximum Gasteiger partial charge on any atom is 0.205 e. The summed E-state index contributed by atoms with van der Waals surface area (Å²) in [6.07, 6.45) is 0. The summed E-state index contributed by atoms with van der Waals surface area (Å²) in [6, 6.07) is 0. The van der Waals surface area contributed by atoms with E-state index >= 15 is 0 Å². The summed E-state index contributed by atoms with van der Waals surface area (Å²) in [5.74, 6) is 0.959. The summed E-state index contributed by atoms with van der Waals surface area (Å²) < 4.78 is 4.43. The molecule has 1 N–H and O–H groups in total. The highest BCUT2D eigenvalue weighted by molar-refractivity contribution is 7.09. The Hall–Kier alpha value is -0.680. The Morgan fingerprint density at radius 1 is 1.27 bits per heavy atom. The number of nitrogens with one attached hydrogen (secondary N) is 1. The summed E-state index contributed by atoms with van der Waals surface area (Å²) in [7, 11) is 0. The summed E-state index contributed by atoms with van der Waals surface area (Å²) in [6.45, 7) is 10.6. The van der Waals surface area contributed by atoms with Crippen molar-refractivity contribution in [2.75, 3.05) is 31.1 Å². The maximum atomic E-state index is 4.61. The average Bonchev–Trinajstić information content (AvgIpc) is 2.67. The van der Waals surface area contributed by atoms with E-state index in [1.165, 1.54) is 11.5 Å². The predicted octanol–water partition coefficient (Wildman–Crippen LogP) is 1.25. The van der Waals surface area contributed by atoms with Gasteiger partial charge in [0, 0.05) is 43.1 Å². The van der Waals surface area contributed by atoms with Crippen LogP contribution in [0.4, 0.5) is 5.13 Å². The third-order valence-electron chi connectivity index (χ3n) is 2.47. The number of nitrogens with zero attached hydrogens (tertiary/aromatic N) is 3. The smallest absolute Gasteiger partial charge is 0.205 e. The van der Waals surface area contributed by atoms with Gasteiger partial charge in [0.25, 0.3) is 0 Å².